The zero-order valence-electron chi connectivity index (χ0n) is 20.4. The van der Waals surface area contributed by atoms with Crippen molar-refractivity contribution in [3.05, 3.63) is 125 Å². The molecule has 2 heterocycles. The van der Waals surface area contributed by atoms with Crippen molar-refractivity contribution in [1.29, 1.82) is 0 Å². The van der Waals surface area contributed by atoms with Gasteiger partial charge in [-0.1, -0.05) is 67.6 Å². The average Bonchev–Trinajstić information content (AvgIpc) is 3.60. The fraction of sp³-hybridized carbons (Fsp3) is 0.194. The van der Waals surface area contributed by atoms with Crippen molar-refractivity contribution in [2.45, 2.75) is 38.8 Å². The van der Waals surface area contributed by atoms with E-state index in [1.54, 1.807) is 6.26 Å². The summed E-state index contributed by atoms with van der Waals surface area (Å²) in [7, 11) is 0. The van der Waals surface area contributed by atoms with Crippen LogP contribution in [-0.2, 0) is 24.4 Å². The number of rotatable bonds is 10. The summed E-state index contributed by atoms with van der Waals surface area (Å²) < 4.78 is 11.3. The fourth-order valence-corrected chi connectivity index (χ4v) is 4.62. The quantitative estimate of drug-likeness (QED) is 0.234. The van der Waals surface area contributed by atoms with E-state index in [9.17, 15) is 4.79 Å². The highest BCUT2D eigenvalue weighted by Crippen LogP contribution is 2.35. The lowest BCUT2D eigenvalue weighted by Gasteiger charge is -2.18. The van der Waals surface area contributed by atoms with Gasteiger partial charge in [-0.05, 0) is 52.9 Å². The third kappa shape index (κ3) is 5.36. The number of furan rings is 1. The van der Waals surface area contributed by atoms with E-state index >= 15 is 0 Å². The second kappa shape index (κ2) is 11.0. The summed E-state index contributed by atoms with van der Waals surface area (Å²) in [6, 6.07) is 28.3. The minimum atomic E-state index is -0.106. The molecule has 2 N–H and O–H groups in total. The second-order valence-corrected chi connectivity index (χ2v) is 8.89. The van der Waals surface area contributed by atoms with E-state index in [2.05, 4.69) is 47.6 Å². The number of aromatic amines is 1. The molecule has 5 heteroatoms. The molecule has 0 spiro atoms. The van der Waals surface area contributed by atoms with Gasteiger partial charge in [0.15, 0.2) is 0 Å². The molecule has 182 valence electrons. The normalized spacial score (nSPS) is 11.9. The van der Waals surface area contributed by atoms with Crippen LogP contribution < -0.4 is 10.1 Å². The largest absolute Gasteiger partial charge is 0.489 e. The van der Waals surface area contributed by atoms with Crippen LogP contribution in [0.4, 0.5) is 0 Å². The maximum atomic E-state index is 13.0. The molecule has 1 atom stereocenters. The molecular formula is C31H30N2O3. The molecular weight excluding hydrogens is 448 g/mol. The molecule has 0 aliphatic rings. The van der Waals surface area contributed by atoms with Crippen LogP contribution in [0.3, 0.4) is 0 Å². The summed E-state index contributed by atoms with van der Waals surface area (Å²) in [5.74, 6) is 1.41. The molecule has 0 radical (unpaired) electrons. The number of aromatic nitrogens is 1. The van der Waals surface area contributed by atoms with Gasteiger partial charge in [0.2, 0.25) is 5.91 Å². The van der Waals surface area contributed by atoms with Crippen molar-refractivity contribution in [2.75, 3.05) is 0 Å². The van der Waals surface area contributed by atoms with Gasteiger partial charge < -0.3 is 19.5 Å². The van der Waals surface area contributed by atoms with Crippen LogP contribution in [0, 0.1) is 0 Å². The third-order valence-electron chi connectivity index (χ3n) is 6.55. The van der Waals surface area contributed by atoms with Gasteiger partial charge in [-0.3, -0.25) is 4.79 Å². The minimum Gasteiger partial charge on any atom is -0.489 e. The van der Waals surface area contributed by atoms with Crippen LogP contribution in [0.15, 0.2) is 102 Å². The summed E-state index contributed by atoms with van der Waals surface area (Å²) in [6.07, 6.45) is 4.93. The van der Waals surface area contributed by atoms with Gasteiger partial charge in [0.05, 0.1) is 12.8 Å². The Morgan fingerprint density at radius 1 is 0.972 bits per heavy atom. The van der Waals surface area contributed by atoms with Crippen molar-refractivity contribution in [3.63, 3.8) is 0 Å². The first kappa shape index (κ1) is 23.5. The molecule has 0 bridgehead atoms. The summed E-state index contributed by atoms with van der Waals surface area (Å²) in [6.45, 7) is 3.04. The van der Waals surface area contributed by atoms with Crippen molar-refractivity contribution in [3.8, 4) is 5.75 Å². The van der Waals surface area contributed by atoms with E-state index in [1.165, 1.54) is 5.56 Å². The topological polar surface area (TPSA) is 67.3 Å². The first-order valence-electron chi connectivity index (χ1n) is 12.4. The number of hydrogen-bond donors (Lipinski definition) is 2. The minimum absolute atomic E-state index is 0.0261. The molecule has 3 aromatic carbocycles. The van der Waals surface area contributed by atoms with Crippen molar-refractivity contribution in [2.24, 2.45) is 0 Å². The molecule has 0 fully saturated rings. The molecule has 5 nitrogen and oxygen atoms in total. The number of para-hydroxylation sites is 1. The summed E-state index contributed by atoms with van der Waals surface area (Å²) in [4.78, 5) is 16.5. The van der Waals surface area contributed by atoms with Crippen molar-refractivity contribution >= 4 is 16.8 Å². The maximum Gasteiger partial charge on any atom is 0.221 e. The van der Waals surface area contributed by atoms with Crippen molar-refractivity contribution in [1.82, 2.24) is 10.3 Å². The highest BCUT2D eigenvalue weighted by atomic mass is 16.5. The van der Waals surface area contributed by atoms with Gasteiger partial charge in [0.1, 0.15) is 18.1 Å². The lowest BCUT2D eigenvalue weighted by atomic mass is 9.87. The van der Waals surface area contributed by atoms with Crippen LogP contribution in [0.1, 0.15) is 47.3 Å². The predicted octanol–water partition coefficient (Wildman–Crippen LogP) is 6.74. The molecule has 5 rings (SSSR count). The van der Waals surface area contributed by atoms with Gasteiger partial charge in [-0.2, -0.15) is 0 Å². The van der Waals surface area contributed by atoms with Crippen LogP contribution in [0.5, 0.6) is 5.75 Å². The number of hydrogen-bond acceptors (Lipinski definition) is 3. The van der Waals surface area contributed by atoms with E-state index in [0.29, 0.717) is 19.6 Å². The Balaban J connectivity index is 1.39. The average molecular weight is 479 g/mol. The molecule has 5 aromatic rings. The maximum absolute atomic E-state index is 13.0. The van der Waals surface area contributed by atoms with E-state index in [-0.39, 0.29) is 11.8 Å². The molecule has 36 heavy (non-hydrogen) atoms. The molecule has 0 saturated carbocycles. The third-order valence-corrected chi connectivity index (χ3v) is 6.55. The number of carbonyl (C=O) groups is 1. The molecule has 0 unspecified atom stereocenters. The number of nitrogens with one attached hydrogen (secondary N) is 2. The molecule has 1 amide bonds. The number of carbonyl (C=O) groups excluding carboxylic acids is 1. The fourth-order valence-electron chi connectivity index (χ4n) is 4.62. The Labute approximate surface area is 211 Å². The van der Waals surface area contributed by atoms with Crippen LogP contribution in [0.25, 0.3) is 10.9 Å². The van der Waals surface area contributed by atoms with Crippen molar-refractivity contribution < 1.29 is 13.9 Å². The van der Waals surface area contributed by atoms with Gasteiger partial charge in [-0.25, -0.2) is 0 Å². The number of fused-ring (bicyclic) bond motifs is 1. The molecule has 0 aliphatic heterocycles. The Morgan fingerprint density at radius 3 is 2.56 bits per heavy atom. The van der Waals surface area contributed by atoms with Gasteiger partial charge in [-0.15, -0.1) is 0 Å². The molecule has 0 aliphatic carbocycles. The summed E-state index contributed by atoms with van der Waals surface area (Å²) in [5.41, 5.74) is 5.71. The van der Waals surface area contributed by atoms with Crippen LogP contribution >= 0.6 is 0 Å². The van der Waals surface area contributed by atoms with Gasteiger partial charge in [0, 0.05) is 29.4 Å². The number of ether oxygens (including phenoxy) is 1. The van der Waals surface area contributed by atoms with E-state index in [0.717, 1.165) is 45.5 Å². The summed E-state index contributed by atoms with van der Waals surface area (Å²) in [5, 5.41) is 4.16. The summed E-state index contributed by atoms with van der Waals surface area (Å²) >= 11 is 0. The lowest BCUT2D eigenvalue weighted by Crippen LogP contribution is -2.24. The van der Waals surface area contributed by atoms with Crippen LogP contribution in [-0.4, -0.2) is 10.9 Å². The zero-order valence-corrected chi connectivity index (χ0v) is 20.4. The van der Waals surface area contributed by atoms with Crippen LogP contribution in [0.2, 0.25) is 0 Å². The second-order valence-electron chi connectivity index (χ2n) is 8.89. The predicted molar refractivity (Wildman–Crippen MR) is 142 cm³/mol. The van der Waals surface area contributed by atoms with Gasteiger partial charge >= 0.3 is 0 Å². The first-order chi connectivity index (χ1) is 17.7. The van der Waals surface area contributed by atoms with E-state index in [4.69, 9.17) is 9.15 Å². The Hall–Kier alpha value is -4.25. The van der Waals surface area contributed by atoms with E-state index < -0.39 is 0 Å². The molecule has 0 saturated heterocycles. The zero-order chi connectivity index (χ0) is 24.7. The highest BCUT2D eigenvalue weighted by molar-refractivity contribution is 5.88. The van der Waals surface area contributed by atoms with E-state index in [1.807, 2.05) is 60.8 Å². The first-order valence-corrected chi connectivity index (χ1v) is 12.4. The smallest absolute Gasteiger partial charge is 0.221 e. The lowest BCUT2D eigenvalue weighted by molar-refractivity contribution is -0.121. The monoisotopic (exact) mass is 478 g/mol. The SMILES string of the molecule is CCc1cccc2c([C@@H](CC(=O)NCc3ccco3)c3ccc(OCc4ccccc4)cc3)c[nH]c12. The Kier molecular flexibility index (Phi) is 7.17. The number of amides is 1. The number of benzene rings is 3. The van der Waals surface area contributed by atoms with Gasteiger partial charge in [0.25, 0.3) is 0 Å². The standard InChI is InChI=1S/C31H30N2O3/c1-2-23-10-6-12-27-29(20-33-31(23)27)28(18-30(34)32-19-26-11-7-17-35-26)24-13-15-25(16-14-24)36-21-22-8-4-3-5-9-22/h3-17,20,28,33H,2,18-19,21H2,1H3,(H,32,34)/t28-/m0/s1. The highest BCUT2D eigenvalue weighted by Gasteiger charge is 2.22. The molecule has 2 aromatic heterocycles. The number of H-pyrrole nitrogens is 1. The Morgan fingerprint density at radius 2 is 1.81 bits per heavy atom. The number of aryl methyl sites for hydroxylation is 1. The Bertz CT molecular complexity index is 1400.